The first kappa shape index (κ1) is 11.6. The minimum Gasteiger partial charge on any atom is -0.494 e. The normalized spacial score (nSPS) is 10.2. The number of anilines is 1. The number of hydrogen-bond donors (Lipinski definition) is 1. The first-order chi connectivity index (χ1) is 8.38. The molecule has 0 aliphatic heterocycles. The summed E-state index contributed by atoms with van der Waals surface area (Å²) < 4.78 is 10.5. The van der Waals surface area contributed by atoms with Crippen LogP contribution in [0.2, 0.25) is 0 Å². The zero-order valence-electron chi connectivity index (χ0n) is 9.98. The molecule has 0 fully saturated rings. The van der Waals surface area contributed by atoms with E-state index in [1.54, 1.807) is 12.5 Å². The molecule has 0 saturated heterocycles. The Bertz CT molecular complexity index is 420. The van der Waals surface area contributed by atoms with Crippen molar-refractivity contribution in [2.75, 3.05) is 11.9 Å². The van der Waals surface area contributed by atoms with Gasteiger partial charge in [-0.25, -0.2) is 0 Å². The Hall–Kier alpha value is -1.90. The average molecular weight is 231 g/mol. The van der Waals surface area contributed by atoms with Crippen molar-refractivity contribution in [3.05, 3.63) is 48.4 Å². The van der Waals surface area contributed by atoms with Crippen molar-refractivity contribution in [1.29, 1.82) is 0 Å². The maximum Gasteiger partial charge on any atom is 0.119 e. The summed E-state index contributed by atoms with van der Waals surface area (Å²) in [5.74, 6) is 0.917. The molecule has 0 aliphatic rings. The van der Waals surface area contributed by atoms with Crippen LogP contribution in [0.3, 0.4) is 0 Å². The van der Waals surface area contributed by atoms with Crippen molar-refractivity contribution in [1.82, 2.24) is 0 Å². The second kappa shape index (κ2) is 5.99. The van der Waals surface area contributed by atoms with E-state index in [1.165, 1.54) is 0 Å². The van der Waals surface area contributed by atoms with Crippen LogP contribution < -0.4 is 10.1 Å². The number of nitrogens with one attached hydrogen (secondary N) is 1. The average Bonchev–Trinajstić information content (AvgIpc) is 2.88. The molecule has 0 saturated carbocycles. The van der Waals surface area contributed by atoms with Crippen molar-refractivity contribution < 1.29 is 9.15 Å². The summed E-state index contributed by atoms with van der Waals surface area (Å²) in [5, 5.41) is 3.31. The molecule has 0 unspecified atom stereocenters. The highest BCUT2D eigenvalue weighted by Crippen LogP contribution is 2.16. The van der Waals surface area contributed by atoms with E-state index >= 15 is 0 Å². The fourth-order valence-electron chi connectivity index (χ4n) is 1.49. The van der Waals surface area contributed by atoms with E-state index in [-0.39, 0.29) is 0 Å². The van der Waals surface area contributed by atoms with E-state index < -0.39 is 0 Å². The van der Waals surface area contributed by atoms with Crippen LogP contribution in [-0.4, -0.2) is 6.61 Å². The maximum atomic E-state index is 5.52. The molecular weight excluding hydrogens is 214 g/mol. The van der Waals surface area contributed by atoms with Crippen LogP contribution >= 0.6 is 0 Å². The molecule has 0 atom stereocenters. The zero-order valence-corrected chi connectivity index (χ0v) is 9.98. The third-order valence-corrected chi connectivity index (χ3v) is 2.40. The number of furan rings is 1. The number of benzene rings is 1. The predicted octanol–water partition coefficient (Wildman–Crippen LogP) is 3.68. The Morgan fingerprint density at radius 3 is 2.65 bits per heavy atom. The maximum absolute atomic E-state index is 5.52. The van der Waals surface area contributed by atoms with Gasteiger partial charge in [0.15, 0.2) is 0 Å². The van der Waals surface area contributed by atoms with E-state index in [1.807, 2.05) is 30.3 Å². The van der Waals surface area contributed by atoms with Crippen molar-refractivity contribution in [3.8, 4) is 5.75 Å². The topological polar surface area (TPSA) is 34.4 Å². The van der Waals surface area contributed by atoms with E-state index in [4.69, 9.17) is 9.15 Å². The molecule has 1 aromatic heterocycles. The number of hydrogen-bond acceptors (Lipinski definition) is 3. The lowest BCUT2D eigenvalue weighted by Gasteiger charge is -2.07. The summed E-state index contributed by atoms with van der Waals surface area (Å²) in [7, 11) is 0. The fraction of sp³-hybridized carbons (Fsp3) is 0.286. The fourth-order valence-corrected chi connectivity index (χ4v) is 1.49. The third-order valence-electron chi connectivity index (χ3n) is 2.40. The van der Waals surface area contributed by atoms with Crippen LogP contribution in [0.5, 0.6) is 5.75 Å². The summed E-state index contributed by atoms with van der Waals surface area (Å²) in [6, 6.07) is 9.95. The Balaban J connectivity index is 1.85. The van der Waals surface area contributed by atoms with E-state index in [2.05, 4.69) is 12.2 Å². The van der Waals surface area contributed by atoms with Crippen molar-refractivity contribution in [2.45, 2.75) is 19.9 Å². The standard InChI is InChI=1S/C14H17NO2/c1-2-8-17-14-5-3-13(4-6-14)15-10-12-7-9-16-11-12/h3-7,9,11,15H,2,8,10H2,1H3. The Morgan fingerprint density at radius 2 is 2.00 bits per heavy atom. The molecule has 1 heterocycles. The van der Waals surface area contributed by atoms with Gasteiger partial charge in [-0.05, 0) is 36.8 Å². The van der Waals surface area contributed by atoms with Gasteiger partial charge in [-0.15, -0.1) is 0 Å². The minimum atomic E-state index is 0.766. The monoisotopic (exact) mass is 231 g/mol. The van der Waals surface area contributed by atoms with Crippen LogP contribution in [0, 0.1) is 0 Å². The second-order valence-electron chi connectivity index (χ2n) is 3.86. The first-order valence-electron chi connectivity index (χ1n) is 5.86. The van der Waals surface area contributed by atoms with Gasteiger partial charge in [-0.1, -0.05) is 6.92 Å². The summed E-state index contributed by atoms with van der Waals surface area (Å²) in [6.07, 6.45) is 4.45. The number of rotatable bonds is 6. The molecule has 0 amide bonds. The molecule has 3 heteroatoms. The van der Waals surface area contributed by atoms with Crippen molar-refractivity contribution >= 4 is 5.69 Å². The van der Waals surface area contributed by atoms with Gasteiger partial charge >= 0.3 is 0 Å². The van der Waals surface area contributed by atoms with Gasteiger partial charge < -0.3 is 14.5 Å². The smallest absolute Gasteiger partial charge is 0.119 e. The summed E-state index contributed by atoms with van der Waals surface area (Å²) in [6.45, 7) is 3.63. The highest BCUT2D eigenvalue weighted by atomic mass is 16.5. The lowest BCUT2D eigenvalue weighted by molar-refractivity contribution is 0.317. The quantitative estimate of drug-likeness (QED) is 0.823. The first-order valence-corrected chi connectivity index (χ1v) is 5.86. The van der Waals surface area contributed by atoms with Gasteiger partial charge in [0.1, 0.15) is 5.75 Å². The minimum absolute atomic E-state index is 0.766. The summed E-state index contributed by atoms with van der Waals surface area (Å²) in [4.78, 5) is 0. The lowest BCUT2D eigenvalue weighted by atomic mass is 10.3. The third kappa shape index (κ3) is 3.55. The highest BCUT2D eigenvalue weighted by molar-refractivity contribution is 5.46. The molecule has 1 N–H and O–H groups in total. The van der Waals surface area contributed by atoms with E-state index in [0.29, 0.717) is 0 Å². The Kier molecular flexibility index (Phi) is 4.08. The van der Waals surface area contributed by atoms with Crippen molar-refractivity contribution in [2.24, 2.45) is 0 Å². The van der Waals surface area contributed by atoms with Crippen LogP contribution in [0.15, 0.2) is 47.3 Å². The highest BCUT2D eigenvalue weighted by Gasteiger charge is 1.96. The Morgan fingerprint density at radius 1 is 1.18 bits per heavy atom. The molecule has 1 aromatic carbocycles. The lowest BCUT2D eigenvalue weighted by Crippen LogP contribution is -1.98. The van der Waals surface area contributed by atoms with Gasteiger partial charge in [-0.3, -0.25) is 0 Å². The zero-order chi connectivity index (χ0) is 11.9. The molecule has 2 rings (SSSR count). The SMILES string of the molecule is CCCOc1ccc(NCc2ccoc2)cc1. The van der Waals surface area contributed by atoms with Gasteiger partial charge in [0, 0.05) is 17.8 Å². The molecule has 2 aromatic rings. The van der Waals surface area contributed by atoms with Crippen LogP contribution in [0.1, 0.15) is 18.9 Å². The van der Waals surface area contributed by atoms with Gasteiger partial charge in [-0.2, -0.15) is 0 Å². The second-order valence-corrected chi connectivity index (χ2v) is 3.86. The van der Waals surface area contributed by atoms with Gasteiger partial charge in [0.2, 0.25) is 0 Å². The van der Waals surface area contributed by atoms with Gasteiger partial charge in [0.25, 0.3) is 0 Å². The van der Waals surface area contributed by atoms with E-state index in [9.17, 15) is 0 Å². The molecule has 0 aliphatic carbocycles. The van der Waals surface area contributed by atoms with Crippen LogP contribution in [-0.2, 0) is 6.54 Å². The molecular formula is C14H17NO2. The molecule has 90 valence electrons. The molecule has 0 bridgehead atoms. The van der Waals surface area contributed by atoms with Crippen LogP contribution in [0.4, 0.5) is 5.69 Å². The largest absolute Gasteiger partial charge is 0.494 e. The number of ether oxygens (including phenoxy) is 1. The molecule has 17 heavy (non-hydrogen) atoms. The summed E-state index contributed by atoms with van der Waals surface area (Å²) in [5.41, 5.74) is 2.21. The Labute approximate surface area is 101 Å². The predicted molar refractivity (Wildman–Crippen MR) is 68.3 cm³/mol. The summed E-state index contributed by atoms with van der Waals surface area (Å²) >= 11 is 0. The van der Waals surface area contributed by atoms with Gasteiger partial charge in [0.05, 0.1) is 19.1 Å². The van der Waals surface area contributed by atoms with E-state index in [0.717, 1.165) is 36.6 Å². The van der Waals surface area contributed by atoms with Crippen molar-refractivity contribution in [3.63, 3.8) is 0 Å². The van der Waals surface area contributed by atoms with Crippen LogP contribution in [0.25, 0.3) is 0 Å². The molecule has 3 nitrogen and oxygen atoms in total. The molecule has 0 spiro atoms. The molecule has 0 radical (unpaired) electrons.